The van der Waals surface area contributed by atoms with Crippen LogP contribution in [0.25, 0.3) is 31.9 Å². The second-order valence-corrected chi connectivity index (χ2v) is 11.0. The zero-order valence-electron chi connectivity index (χ0n) is 11.6. The van der Waals surface area contributed by atoms with Crippen LogP contribution in [0.1, 0.15) is 0 Å². The zero-order valence-corrected chi connectivity index (χ0v) is 18.0. The molecule has 120 valence electrons. The molecule has 4 nitrogen and oxygen atoms in total. The summed E-state index contributed by atoms with van der Waals surface area (Å²) in [4.78, 5) is 2.35. The number of benzene rings is 1. The number of nitrogens with zero attached hydrogens (tertiary/aromatic N) is 2. The van der Waals surface area contributed by atoms with Crippen molar-refractivity contribution in [3.05, 3.63) is 31.8 Å². The van der Waals surface area contributed by atoms with E-state index in [0.29, 0.717) is 0 Å². The van der Waals surface area contributed by atoms with E-state index in [0.717, 1.165) is 41.1 Å². The summed E-state index contributed by atoms with van der Waals surface area (Å²) in [6.07, 6.45) is 0. The van der Waals surface area contributed by atoms with Crippen molar-refractivity contribution < 1.29 is 0 Å². The summed E-state index contributed by atoms with van der Waals surface area (Å²) in [5.74, 6) is 0. The minimum atomic E-state index is 0.949. The van der Waals surface area contributed by atoms with Gasteiger partial charge in [-0.2, -0.15) is 8.75 Å². The first-order valence-corrected chi connectivity index (χ1v) is 11.5. The van der Waals surface area contributed by atoms with E-state index in [9.17, 15) is 0 Å². The molecular weight excluding hydrogens is 512 g/mol. The van der Waals surface area contributed by atoms with Crippen LogP contribution >= 0.6 is 78.4 Å². The smallest absolute Gasteiger partial charge is 0.116 e. The topological polar surface area (TPSA) is 49.8 Å². The van der Waals surface area contributed by atoms with Crippen LogP contribution in [0.4, 0.5) is 11.4 Å². The van der Waals surface area contributed by atoms with Gasteiger partial charge in [0.25, 0.3) is 0 Å². The summed E-state index contributed by atoms with van der Waals surface area (Å²) >= 11 is 13.3. The van der Waals surface area contributed by atoms with Gasteiger partial charge < -0.3 is 9.44 Å². The van der Waals surface area contributed by atoms with Crippen LogP contribution in [0.2, 0.25) is 0 Å². The van der Waals surface area contributed by atoms with E-state index in [-0.39, 0.29) is 0 Å². The van der Waals surface area contributed by atoms with E-state index in [1.54, 1.807) is 22.7 Å². The molecule has 0 fully saturated rings. The lowest BCUT2D eigenvalue weighted by Crippen LogP contribution is -1.90. The minimum absolute atomic E-state index is 0.949. The van der Waals surface area contributed by atoms with Crippen LogP contribution in [0.5, 0.6) is 0 Å². The highest BCUT2D eigenvalue weighted by atomic mass is 79.9. The van der Waals surface area contributed by atoms with E-state index < -0.39 is 0 Å². The molecule has 1 aliphatic rings. The molecule has 0 spiro atoms. The Balaban J connectivity index is 1.89. The average molecular weight is 518 g/mol. The third-order valence-corrected chi connectivity index (χ3v) is 8.08. The third-order valence-electron chi connectivity index (χ3n) is 3.66. The largest absolute Gasteiger partial charge is 0.309 e. The second-order valence-electron chi connectivity index (χ2n) is 4.98. The van der Waals surface area contributed by atoms with Crippen LogP contribution in [0.3, 0.4) is 0 Å². The van der Waals surface area contributed by atoms with Gasteiger partial charge in [-0.25, -0.2) is 0 Å². The molecule has 0 amide bonds. The van der Waals surface area contributed by atoms with E-state index >= 15 is 0 Å². The molecule has 3 aromatic heterocycles. The van der Waals surface area contributed by atoms with Gasteiger partial charge in [-0.3, -0.25) is 0 Å². The fourth-order valence-corrected chi connectivity index (χ4v) is 6.81. The number of halogens is 2. The number of thiophene rings is 2. The van der Waals surface area contributed by atoms with E-state index in [4.69, 9.17) is 0 Å². The van der Waals surface area contributed by atoms with Crippen molar-refractivity contribution in [3.8, 4) is 20.9 Å². The van der Waals surface area contributed by atoms with Crippen LogP contribution < -0.4 is 9.44 Å². The standard InChI is InChI=1S/C14H6Br2N4S4/c15-7-3-1-5(21-7)9-11-13(19-23-17-11)10(6-2-4-8(16)22-6)14-12(9)18-24-20-14/h1-4,17,19H. The summed E-state index contributed by atoms with van der Waals surface area (Å²) in [6, 6.07) is 8.38. The lowest BCUT2D eigenvalue weighted by Gasteiger charge is -2.11. The van der Waals surface area contributed by atoms with Crippen LogP contribution in [-0.2, 0) is 0 Å². The number of nitrogens with one attached hydrogen (secondary N) is 2. The molecule has 1 aliphatic heterocycles. The third kappa shape index (κ3) is 2.35. The summed E-state index contributed by atoms with van der Waals surface area (Å²) in [7, 11) is 0. The highest BCUT2D eigenvalue weighted by Gasteiger charge is 2.28. The monoisotopic (exact) mass is 516 g/mol. The average Bonchev–Trinajstić information content (AvgIpc) is 3.31. The highest BCUT2D eigenvalue weighted by molar-refractivity contribution is 9.11. The Bertz CT molecular complexity index is 1000. The maximum Gasteiger partial charge on any atom is 0.116 e. The van der Waals surface area contributed by atoms with Crippen LogP contribution in [-0.4, -0.2) is 8.75 Å². The molecule has 0 saturated heterocycles. The van der Waals surface area contributed by atoms with Gasteiger partial charge in [0.2, 0.25) is 0 Å². The molecule has 0 radical (unpaired) electrons. The molecule has 0 unspecified atom stereocenters. The number of rotatable bonds is 2. The number of hydrogen-bond acceptors (Lipinski definition) is 8. The fraction of sp³-hybridized carbons (Fsp3) is 0. The fourth-order valence-electron chi connectivity index (χ4n) is 2.71. The highest BCUT2D eigenvalue weighted by Crippen LogP contribution is 2.53. The first-order valence-electron chi connectivity index (χ1n) is 6.74. The minimum Gasteiger partial charge on any atom is -0.309 e. The summed E-state index contributed by atoms with van der Waals surface area (Å²) < 4.78 is 18.2. The molecule has 1 aromatic carbocycles. The van der Waals surface area contributed by atoms with Gasteiger partial charge in [0.05, 0.1) is 42.8 Å². The van der Waals surface area contributed by atoms with Crippen LogP contribution in [0.15, 0.2) is 31.8 Å². The molecule has 4 heterocycles. The summed E-state index contributed by atoms with van der Waals surface area (Å²) in [6.45, 7) is 0. The summed E-state index contributed by atoms with van der Waals surface area (Å²) in [5.41, 5.74) is 6.28. The number of fused-ring (bicyclic) bond motifs is 2. The second kappa shape index (κ2) is 5.96. The Morgan fingerprint density at radius 3 is 1.67 bits per heavy atom. The Morgan fingerprint density at radius 2 is 1.25 bits per heavy atom. The van der Waals surface area contributed by atoms with Crippen molar-refractivity contribution in [2.45, 2.75) is 0 Å². The molecule has 5 rings (SSSR count). The van der Waals surface area contributed by atoms with Crippen molar-refractivity contribution in [2.24, 2.45) is 0 Å². The van der Waals surface area contributed by atoms with Gasteiger partial charge in [-0.1, -0.05) is 0 Å². The first-order chi connectivity index (χ1) is 11.7. The predicted molar refractivity (Wildman–Crippen MR) is 114 cm³/mol. The molecule has 0 bridgehead atoms. The molecule has 0 atom stereocenters. The van der Waals surface area contributed by atoms with Crippen molar-refractivity contribution >= 4 is 101 Å². The molecule has 2 N–H and O–H groups in total. The van der Waals surface area contributed by atoms with Gasteiger partial charge >= 0.3 is 0 Å². The van der Waals surface area contributed by atoms with Gasteiger partial charge in [0.1, 0.15) is 11.0 Å². The molecular formula is C14H6Br2N4S4. The first kappa shape index (κ1) is 15.6. The number of anilines is 2. The van der Waals surface area contributed by atoms with Crippen molar-refractivity contribution in [3.63, 3.8) is 0 Å². The van der Waals surface area contributed by atoms with Crippen molar-refractivity contribution in [1.29, 1.82) is 0 Å². The molecule has 0 saturated carbocycles. The Hall–Kier alpha value is -0.650. The van der Waals surface area contributed by atoms with Gasteiger partial charge in [0.15, 0.2) is 0 Å². The number of hydrogen-bond donors (Lipinski definition) is 2. The molecule has 24 heavy (non-hydrogen) atoms. The predicted octanol–water partition coefficient (Wildman–Crippen LogP) is 7.07. The van der Waals surface area contributed by atoms with Crippen LogP contribution in [0, 0.1) is 0 Å². The normalized spacial score (nSPS) is 13.1. The van der Waals surface area contributed by atoms with E-state index in [1.807, 2.05) is 0 Å². The maximum atomic E-state index is 4.61. The molecule has 10 heteroatoms. The maximum absolute atomic E-state index is 4.61. The quantitative estimate of drug-likeness (QED) is 0.278. The van der Waals surface area contributed by atoms with E-state index in [2.05, 4.69) is 74.3 Å². The Kier molecular flexibility index (Phi) is 3.87. The Labute approximate surface area is 170 Å². The van der Waals surface area contributed by atoms with Crippen molar-refractivity contribution in [1.82, 2.24) is 8.75 Å². The van der Waals surface area contributed by atoms with E-state index in [1.165, 1.54) is 33.6 Å². The summed E-state index contributed by atoms with van der Waals surface area (Å²) in [5, 5.41) is 0. The van der Waals surface area contributed by atoms with Gasteiger partial charge in [-0.15, -0.1) is 22.7 Å². The SMILES string of the molecule is Brc1ccc(-c2c3c(c(-c4ccc(Br)s4)c4nsnc24)NSN3)s1. The van der Waals surface area contributed by atoms with Gasteiger partial charge in [0, 0.05) is 20.9 Å². The zero-order chi connectivity index (χ0) is 16.3. The van der Waals surface area contributed by atoms with Crippen molar-refractivity contribution in [2.75, 3.05) is 9.44 Å². The molecule has 4 aromatic rings. The molecule has 0 aliphatic carbocycles. The lowest BCUT2D eigenvalue weighted by molar-refractivity contribution is 1.63. The van der Waals surface area contributed by atoms with Gasteiger partial charge in [-0.05, 0) is 56.1 Å². The Morgan fingerprint density at radius 1 is 0.750 bits per heavy atom. The lowest BCUT2D eigenvalue weighted by atomic mass is 10.0. The number of aromatic nitrogens is 2.